The smallest absolute Gasteiger partial charge is 0.371 e. The Bertz CT molecular complexity index is 533. The second-order valence-electron chi connectivity index (χ2n) is 6.56. The summed E-state index contributed by atoms with van der Waals surface area (Å²) in [5.41, 5.74) is 0.445. The van der Waals surface area contributed by atoms with Gasteiger partial charge in [-0.15, -0.1) is 0 Å². The van der Waals surface area contributed by atoms with Gasteiger partial charge in [-0.3, -0.25) is 9.48 Å². The summed E-state index contributed by atoms with van der Waals surface area (Å²) in [7, 11) is 0. The van der Waals surface area contributed by atoms with Crippen molar-refractivity contribution < 1.29 is 18.0 Å². The Kier molecular flexibility index (Phi) is 4.39. The number of nitrogens with zero attached hydrogens (tertiary/aromatic N) is 3. The zero-order valence-corrected chi connectivity index (χ0v) is 12.9. The van der Waals surface area contributed by atoms with Crippen LogP contribution in [0.5, 0.6) is 0 Å². The molecule has 0 radical (unpaired) electrons. The number of halogens is 3. The first kappa shape index (κ1) is 16.6. The normalized spacial score (nSPS) is 20.4. The van der Waals surface area contributed by atoms with Gasteiger partial charge in [-0.25, -0.2) is 0 Å². The van der Waals surface area contributed by atoms with Gasteiger partial charge in [0.1, 0.15) is 12.6 Å². The molecule has 1 atom stereocenters. The number of hydrogen-bond acceptors (Lipinski definition) is 3. The summed E-state index contributed by atoms with van der Waals surface area (Å²) in [5, 5.41) is 7.20. The molecule has 1 fully saturated rings. The van der Waals surface area contributed by atoms with Crippen molar-refractivity contribution in [3.05, 3.63) is 12.4 Å². The van der Waals surface area contributed by atoms with E-state index in [1.165, 1.54) is 0 Å². The Labute approximate surface area is 127 Å². The molecule has 1 saturated heterocycles. The van der Waals surface area contributed by atoms with E-state index in [0.717, 1.165) is 4.90 Å². The number of anilines is 1. The Hall–Kier alpha value is -1.73. The molecule has 0 unspecified atom stereocenters. The minimum Gasteiger partial charge on any atom is -0.371 e. The van der Waals surface area contributed by atoms with Crippen molar-refractivity contribution in [2.75, 3.05) is 18.4 Å². The zero-order valence-electron chi connectivity index (χ0n) is 12.9. The molecule has 1 aromatic rings. The van der Waals surface area contributed by atoms with Gasteiger partial charge in [-0.2, -0.15) is 18.3 Å². The first-order valence-corrected chi connectivity index (χ1v) is 7.23. The fourth-order valence-electron chi connectivity index (χ4n) is 2.41. The lowest BCUT2D eigenvalue weighted by atomic mass is 10.0. The highest BCUT2D eigenvalue weighted by atomic mass is 19.4. The van der Waals surface area contributed by atoms with Crippen molar-refractivity contribution in [1.29, 1.82) is 0 Å². The second kappa shape index (κ2) is 5.81. The van der Waals surface area contributed by atoms with Gasteiger partial charge in [0.05, 0.1) is 17.4 Å². The van der Waals surface area contributed by atoms with Crippen molar-refractivity contribution in [2.24, 2.45) is 0 Å². The third-order valence-electron chi connectivity index (χ3n) is 3.51. The maximum atomic E-state index is 12.5. The molecular weight excluding hydrogens is 297 g/mol. The highest BCUT2D eigenvalue weighted by molar-refractivity contribution is 5.85. The minimum atomic E-state index is -4.37. The number of rotatable bonds is 3. The average molecular weight is 318 g/mol. The number of carbonyl (C=O) groups is 1. The molecule has 0 bridgehead atoms. The highest BCUT2D eigenvalue weighted by Gasteiger charge is 2.37. The molecule has 1 N–H and O–H groups in total. The van der Waals surface area contributed by atoms with Gasteiger partial charge in [-0.05, 0) is 33.6 Å². The van der Waals surface area contributed by atoms with Gasteiger partial charge in [0.15, 0.2) is 0 Å². The lowest BCUT2D eigenvalue weighted by Crippen LogP contribution is -2.50. The minimum absolute atomic E-state index is 0.151. The van der Waals surface area contributed by atoms with Crippen LogP contribution in [0.25, 0.3) is 0 Å². The number of piperidine rings is 1. The van der Waals surface area contributed by atoms with Crippen molar-refractivity contribution in [3.8, 4) is 0 Å². The molecule has 1 aliphatic rings. The molecule has 0 aliphatic carbocycles. The standard InChI is InChI=1S/C14H21F3N4O/c1-13(2,3)21-8-10(7-18-21)19-11-5-4-6-20(12(11)22)9-14(15,16)17/h7-8,11,19H,4-6,9H2,1-3H3/t11-/m0/s1. The first-order chi connectivity index (χ1) is 10.1. The van der Waals surface area contributed by atoms with E-state index in [-0.39, 0.29) is 12.1 Å². The molecule has 1 amide bonds. The van der Waals surface area contributed by atoms with E-state index in [2.05, 4.69) is 10.4 Å². The van der Waals surface area contributed by atoms with E-state index < -0.39 is 24.7 Å². The van der Waals surface area contributed by atoms with Crippen molar-refractivity contribution >= 4 is 11.6 Å². The maximum Gasteiger partial charge on any atom is 0.406 e. The monoisotopic (exact) mass is 318 g/mol. The van der Waals surface area contributed by atoms with Gasteiger partial charge >= 0.3 is 6.18 Å². The summed E-state index contributed by atoms with van der Waals surface area (Å²) >= 11 is 0. The average Bonchev–Trinajstić information content (AvgIpc) is 2.81. The fourth-order valence-corrected chi connectivity index (χ4v) is 2.41. The number of aromatic nitrogens is 2. The van der Waals surface area contributed by atoms with E-state index in [0.29, 0.717) is 18.5 Å². The molecule has 0 spiro atoms. The van der Waals surface area contributed by atoms with Crippen LogP contribution in [0, 0.1) is 0 Å². The van der Waals surface area contributed by atoms with Gasteiger partial charge in [0.25, 0.3) is 0 Å². The first-order valence-electron chi connectivity index (χ1n) is 7.23. The summed E-state index contributed by atoms with van der Waals surface area (Å²) in [6, 6.07) is -0.631. The summed E-state index contributed by atoms with van der Waals surface area (Å²) in [4.78, 5) is 13.0. The predicted molar refractivity (Wildman–Crippen MR) is 76.5 cm³/mol. The van der Waals surface area contributed by atoms with Crippen LogP contribution in [-0.4, -0.2) is 45.9 Å². The van der Waals surface area contributed by atoms with Crippen LogP contribution >= 0.6 is 0 Å². The van der Waals surface area contributed by atoms with E-state index in [1.807, 2.05) is 20.8 Å². The molecule has 0 aromatic carbocycles. The topological polar surface area (TPSA) is 50.2 Å². The van der Waals surface area contributed by atoms with Crippen molar-refractivity contribution in [1.82, 2.24) is 14.7 Å². The number of hydrogen-bond donors (Lipinski definition) is 1. The highest BCUT2D eigenvalue weighted by Crippen LogP contribution is 2.23. The molecule has 1 aliphatic heterocycles. The van der Waals surface area contributed by atoms with Gasteiger partial charge < -0.3 is 10.2 Å². The van der Waals surface area contributed by atoms with Crippen LogP contribution < -0.4 is 5.32 Å². The van der Waals surface area contributed by atoms with Crippen molar-refractivity contribution in [3.63, 3.8) is 0 Å². The van der Waals surface area contributed by atoms with E-state index >= 15 is 0 Å². The summed E-state index contributed by atoms with van der Waals surface area (Å²) in [6.07, 6.45) is 0.0483. The van der Waals surface area contributed by atoms with Crippen LogP contribution in [0.2, 0.25) is 0 Å². The third-order valence-corrected chi connectivity index (χ3v) is 3.51. The molecule has 2 heterocycles. The number of amides is 1. The number of alkyl halides is 3. The largest absolute Gasteiger partial charge is 0.406 e. The summed E-state index contributed by atoms with van der Waals surface area (Å²) in [5.74, 6) is -0.507. The lowest BCUT2D eigenvalue weighted by Gasteiger charge is -2.33. The fraction of sp³-hybridized carbons (Fsp3) is 0.714. The van der Waals surface area contributed by atoms with Crippen LogP contribution in [-0.2, 0) is 10.3 Å². The van der Waals surface area contributed by atoms with E-state index in [4.69, 9.17) is 0 Å². The van der Waals surface area contributed by atoms with Crippen LogP contribution in [0.3, 0.4) is 0 Å². The molecule has 2 rings (SSSR count). The zero-order chi connectivity index (χ0) is 16.5. The maximum absolute atomic E-state index is 12.5. The van der Waals surface area contributed by atoms with Crippen LogP contribution in [0.15, 0.2) is 12.4 Å². The third kappa shape index (κ3) is 4.14. The number of nitrogens with one attached hydrogen (secondary N) is 1. The SMILES string of the molecule is CC(C)(C)n1cc(N[C@H]2CCCN(CC(F)(F)F)C2=O)cn1. The number of carbonyl (C=O) groups excluding carboxylic acids is 1. The molecule has 0 saturated carbocycles. The Morgan fingerprint density at radius 1 is 1.36 bits per heavy atom. The van der Waals surface area contributed by atoms with Gasteiger partial charge in [0.2, 0.25) is 5.91 Å². The van der Waals surface area contributed by atoms with Gasteiger partial charge in [-0.1, -0.05) is 0 Å². The summed E-state index contributed by atoms with van der Waals surface area (Å²) < 4.78 is 39.2. The van der Waals surface area contributed by atoms with E-state index in [9.17, 15) is 18.0 Å². The quantitative estimate of drug-likeness (QED) is 0.932. The Balaban J connectivity index is 2.03. The summed E-state index contributed by atoms with van der Waals surface area (Å²) in [6.45, 7) is 4.92. The predicted octanol–water partition coefficient (Wildman–Crippen LogP) is 2.60. The Morgan fingerprint density at radius 3 is 2.59 bits per heavy atom. The van der Waals surface area contributed by atoms with Gasteiger partial charge in [0, 0.05) is 12.7 Å². The second-order valence-corrected chi connectivity index (χ2v) is 6.56. The molecule has 1 aromatic heterocycles. The molecule has 124 valence electrons. The van der Waals surface area contributed by atoms with Crippen molar-refractivity contribution in [2.45, 2.75) is 51.4 Å². The lowest BCUT2D eigenvalue weighted by molar-refractivity contribution is -0.163. The van der Waals surface area contributed by atoms with E-state index in [1.54, 1.807) is 17.1 Å². The molecule has 8 heteroatoms. The number of likely N-dealkylation sites (tertiary alicyclic amines) is 1. The van der Waals surface area contributed by atoms with Crippen LogP contribution in [0.1, 0.15) is 33.6 Å². The molecular formula is C14H21F3N4O. The Morgan fingerprint density at radius 2 is 2.05 bits per heavy atom. The molecule has 5 nitrogen and oxygen atoms in total. The molecule has 22 heavy (non-hydrogen) atoms. The van der Waals surface area contributed by atoms with Crippen LogP contribution in [0.4, 0.5) is 18.9 Å².